The maximum atomic E-state index is 12.4. The lowest BCUT2D eigenvalue weighted by molar-refractivity contribution is 0.143. The zero-order valence-corrected chi connectivity index (χ0v) is 15.7. The van der Waals surface area contributed by atoms with Crippen molar-refractivity contribution in [2.24, 2.45) is 0 Å². The second-order valence-corrected chi connectivity index (χ2v) is 6.56. The molecule has 136 valence electrons. The summed E-state index contributed by atoms with van der Waals surface area (Å²) in [5, 5.41) is 3.62. The number of aromatic nitrogens is 2. The molecular weight excluding hydrogens is 340 g/mol. The molecule has 1 aromatic carbocycles. The van der Waals surface area contributed by atoms with Crippen LogP contribution < -0.4 is 5.32 Å². The zero-order chi connectivity index (χ0) is 18.2. The number of rotatable bonds is 8. The molecule has 0 bridgehead atoms. The number of urea groups is 1. The summed E-state index contributed by atoms with van der Waals surface area (Å²) >= 11 is 6.06. The molecule has 1 N–H and O–H groups in total. The van der Waals surface area contributed by atoms with E-state index in [1.165, 1.54) is 0 Å². The van der Waals surface area contributed by atoms with Crippen LogP contribution in [0.15, 0.2) is 36.7 Å². The summed E-state index contributed by atoms with van der Waals surface area (Å²) in [5.74, 6) is 0.815. The average molecular weight is 365 g/mol. The van der Waals surface area contributed by atoms with E-state index in [2.05, 4.69) is 10.3 Å². The van der Waals surface area contributed by atoms with Gasteiger partial charge in [0.2, 0.25) is 0 Å². The van der Waals surface area contributed by atoms with Gasteiger partial charge in [-0.3, -0.25) is 0 Å². The topological polar surface area (TPSA) is 59.4 Å². The van der Waals surface area contributed by atoms with Gasteiger partial charge in [0.05, 0.1) is 13.2 Å². The Morgan fingerprint density at radius 3 is 2.92 bits per heavy atom. The van der Waals surface area contributed by atoms with Gasteiger partial charge < -0.3 is 19.5 Å². The van der Waals surface area contributed by atoms with E-state index in [0.29, 0.717) is 31.3 Å². The van der Waals surface area contributed by atoms with Crippen LogP contribution in [-0.4, -0.2) is 46.8 Å². The summed E-state index contributed by atoms with van der Waals surface area (Å²) in [6, 6.07) is 7.68. The van der Waals surface area contributed by atoms with Gasteiger partial charge in [0.25, 0.3) is 0 Å². The van der Waals surface area contributed by atoms with Gasteiger partial charge in [-0.2, -0.15) is 0 Å². The van der Waals surface area contributed by atoms with Gasteiger partial charge in [0.1, 0.15) is 5.82 Å². The molecule has 2 amide bonds. The Hall–Kier alpha value is -2.05. The van der Waals surface area contributed by atoms with E-state index in [-0.39, 0.29) is 12.1 Å². The molecule has 0 saturated heterocycles. The fourth-order valence-corrected chi connectivity index (χ4v) is 2.64. The number of nitrogens with zero attached hydrogens (tertiary/aromatic N) is 3. The number of ether oxygens (including phenoxy) is 1. The number of nitrogens with one attached hydrogen (secondary N) is 1. The molecule has 25 heavy (non-hydrogen) atoms. The maximum absolute atomic E-state index is 12.4. The quantitative estimate of drug-likeness (QED) is 0.782. The monoisotopic (exact) mass is 364 g/mol. The Morgan fingerprint density at radius 2 is 2.24 bits per heavy atom. The van der Waals surface area contributed by atoms with E-state index >= 15 is 0 Å². The van der Waals surface area contributed by atoms with E-state index in [1.54, 1.807) is 18.2 Å². The highest BCUT2D eigenvalue weighted by atomic mass is 35.5. The van der Waals surface area contributed by atoms with Crippen LogP contribution in [-0.2, 0) is 17.8 Å². The molecule has 6 nitrogen and oxygen atoms in total. The van der Waals surface area contributed by atoms with E-state index in [0.717, 1.165) is 11.4 Å². The lowest BCUT2D eigenvalue weighted by Gasteiger charge is -2.24. The molecular formula is C18H25ClN4O2. The van der Waals surface area contributed by atoms with Gasteiger partial charge in [-0.25, -0.2) is 9.78 Å². The van der Waals surface area contributed by atoms with Crippen LogP contribution in [0, 0.1) is 0 Å². The Bertz CT molecular complexity index is 687. The smallest absolute Gasteiger partial charge is 0.318 e. The van der Waals surface area contributed by atoms with Crippen molar-refractivity contribution in [1.29, 1.82) is 0 Å². The van der Waals surface area contributed by atoms with Crippen molar-refractivity contribution in [3.8, 4) is 0 Å². The van der Waals surface area contributed by atoms with Crippen LogP contribution >= 0.6 is 11.6 Å². The highest BCUT2D eigenvalue weighted by Crippen LogP contribution is 2.13. The second-order valence-electron chi connectivity index (χ2n) is 6.12. The van der Waals surface area contributed by atoms with Gasteiger partial charge in [-0.1, -0.05) is 23.7 Å². The van der Waals surface area contributed by atoms with Crippen molar-refractivity contribution >= 4 is 17.6 Å². The van der Waals surface area contributed by atoms with Crippen molar-refractivity contribution in [3.63, 3.8) is 0 Å². The number of amides is 2. The number of methoxy groups -OCH3 is 1. The van der Waals surface area contributed by atoms with Crippen molar-refractivity contribution in [2.45, 2.75) is 33.0 Å². The van der Waals surface area contributed by atoms with Crippen LogP contribution in [0.1, 0.15) is 25.2 Å². The number of imidazole rings is 1. The molecule has 0 unspecified atom stereocenters. The number of hydrogen-bond donors (Lipinski definition) is 1. The third kappa shape index (κ3) is 6.07. The van der Waals surface area contributed by atoms with Crippen LogP contribution in [0.2, 0.25) is 5.02 Å². The van der Waals surface area contributed by atoms with Gasteiger partial charge in [-0.05, 0) is 31.5 Å². The Labute approximate surface area is 153 Å². The third-order valence-electron chi connectivity index (χ3n) is 3.64. The molecule has 0 aliphatic carbocycles. The highest BCUT2D eigenvalue weighted by Gasteiger charge is 2.17. The standard InChI is InChI=1S/C18H25ClN4O2/c1-14(2)21-18(24)23(9-10-25-3)13-17-20-7-8-22(17)12-15-5-4-6-16(19)11-15/h4-8,11,14H,9-10,12-13H2,1-3H3,(H,21,24). The van der Waals surface area contributed by atoms with Crippen molar-refractivity contribution in [2.75, 3.05) is 20.3 Å². The second kappa shape index (κ2) is 9.44. The first kappa shape index (κ1) is 19.3. The fraction of sp³-hybridized carbons (Fsp3) is 0.444. The molecule has 1 aromatic heterocycles. The van der Waals surface area contributed by atoms with Gasteiger partial charge in [0.15, 0.2) is 0 Å². The Morgan fingerprint density at radius 1 is 1.44 bits per heavy atom. The van der Waals surface area contributed by atoms with Crippen LogP contribution in [0.4, 0.5) is 4.79 Å². The normalized spacial score (nSPS) is 10.9. The molecule has 1 heterocycles. The molecule has 2 aromatic rings. The number of benzene rings is 1. The third-order valence-corrected chi connectivity index (χ3v) is 3.88. The van der Waals surface area contributed by atoms with E-state index in [4.69, 9.17) is 16.3 Å². The number of hydrogen-bond acceptors (Lipinski definition) is 3. The Kier molecular flexibility index (Phi) is 7.28. The summed E-state index contributed by atoms with van der Waals surface area (Å²) in [5.41, 5.74) is 1.09. The molecule has 0 spiro atoms. The molecule has 0 radical (unpaired) electrons. The van der Waals surface area contributed by atoms with Crippen LogP contribution in [0.25, 0.3) is 0 Å². The number of carbonyl (C=O) groups excluding carboxylic acids is 1. The van der Waals surface area contributed by atoms with Crippen molar-refractivity contribution in [1.82, 2.24) is 19.8 Å². The lowest BCUT2D eigenvalue weighted by atomic mass is 10.2. The predicted octanol–water partition coefficient (Wildman–Crippen LogP) is 3.15. The summed E-state index contributed by atoms with van der Waals surface area (Å²) < 4.78 is 7.14. The molecule has 0 aliphatic heterocycles. The first-order valence-electron chi connectivity index (χ1n) is 8.28. The summed E-state index contributed by atoms with van der Waals surface area (Å²) in [6.07, 6.45) is 3.65. The summed E-state index contributed by atoms with van der Waals surface area (Å²) in [7, 11) is 1.62. The molecule has 0 atom stereocenters. The Balaban J connectivity index is 2.11. The van der Waals surface area contributed by atoms with Crippen LogP contribution in [0.5, 0.6) is 0 Å². The highest BCUT2D eigenvalue weighted by molar-refractivity contribution is 6.30. The van der Waals surface area contributed by atoms with Gasteiger partial charge in [-0.15, -0.1) is 0 Å². The molecule has 0 saturated carbocycles. The molecule has 2 rings (SSSR count). The number of halogens is 1. The fourth-order valence-electron chi connectivity index (χ4n) is 2.43. The van der Waals surface area contributed by atoms with E-state index in [9.17, 15) is 4.79 Å². The SMILES string of the molecule is COCCN(Cc1nccn1Cc1cccc(Cl)c1)C(=O)NC(C)C. The summed E-state index contributed by atoms with van der Waals surface area (Å²) in [4.78, 5) is 18.5. The minimum absolute atomic E-state index is 0.0729. The molecule has 0 aliphatic rings. The van der Waals surface area contributed by atoms with Crippen molar-refractivity contribution < 1.29 is 9.53 Å². The first-order valence-corrected chi connectivity index (χ1v) is 8.66. The van der Waals surface area contributed by atoms with E-state index < -0.39 is 0 Å². The largest absolute Gasteiger partial charge is 0.383 e. The zero-order valence-electron chi connectivity index (χ0n) is 14.9. The summed E-state index contributed by atoms with van der Waals surface area (Å²) in [6.45, 7) is 5.91. The predicted molar refractivity (Wildman–Crippen MR) is 98.7 cm³/mol. The minimum Gasteiger partial charge on any atom is -0.383 e. The van der Waals surface area contributed by atoms with Gasteiger partial charge in [0, 0.05) is 43.7 Å². The molecule has 0 fully saturated rings. The molecule has 7 heteroatoms. The van der Waals surface area contributed by atoms with E-state index in [1.807, 2.05) is 48.9 Å². The van der Waals surface area contributed by atoms with Gasteiger partial charge >= 0.3 is 6.03 Å². The van der Waals surface area contributed by atoms with Crippen molar-refractivity contribution in [3.05, 3.63) is 53.1 Å². The average Bonchev–Trinajstić information content (AvgIpc) is 2.97. The number of carbonyl (C=O) groups is 1. The first-order chi connectivity index (χ1) is 12.0. The minimum atomic E-state index is -0.121. The lowest BCUT2D eigenvalue weighted by Crippen LogP contribution is -2.44. The maximum Gasteiger partial charge on any atom is 0.318 e. The van der Waals surface area contributed by atoms with Crippen LogP contribution in [0.3, 0.4) is 0 Å².